The average molecular weight is 251 g/mol. The molecule has 96 valence electrons. The van der Waals surface area contributed by atoms with E-state index in [0.29, 0.717) is 0 Å². The first-order valence-electron chi connectivity index (χ1n) is 6.42. The van der Waals surface area contributed by atoms with Crippen LogP contribution in [0.3, 0.4) is 0 Å². The van der Waals surface area contributed by atoms with Gasteiger partial charge in [0.05, 0.1) is 17.6 Å². The first-order valence-corrected chi connectivity index (χ1v) is 6.42. The van der Waals surface area contributed by atoms with Gasteiger partial charge in [-0.3, -0.25) is 4.98 Å². The maximum Gasteiger partial charge on any atom is 0.0921 e. The maximum atomic E-state index is 4.49. The molecule has 3 heteroatoms. The highest BCUT2D eigenvalue weighted by atomic mass is 15.2. The van der Waals surface area contributed by atoms with Crippen molar-refractivity contribution in [3.8, 4) is 0 Å². The molecule has 2 heterocycles. The van der Waals surface area contributed by atoms with Crippen LogP contribution in [0, 0.1) is 6.92 Å². The van der Waals surface area contributed by atoms with E-state index in [1.807, 2.05) is 18.6 Å². The number of pyridine rings is 1. The molecular weight excluding hydrogens is 234 g/mol. The summed E-state index contributed by atoms with van der Waals surface area (Å²) in [5.41, 5.74) is 4.49. The van der Waals surface area contributed by atoms with Gasteiger partial charge >= 0.3 is 0 Å². The van der Waals surface area contributed by atoms with Gasteiger partial charge in [0.15, 0.2) is 0 Å². The second-order valence-electron chi connectivity index (χ2n) is 5.14. The Labute approximate surface area is 113 Å². The van der Waals surface area contributed by atoms with Gasteiger partial charge in [-0.15, -0.1) is 0 Å². The van der Waals surface area contributed by atoms with Crippen molar-refractivity contribution in [3.63, 3.8) is 0 Å². The zero-order valence-electron chi connectivity index (χ0n) is 11.5. The van der Waals surface area contributed by atoms with E-state index in [4.69, 9.17) is 0 Å². The highest BCUT2D eigenvalue weighted by molar-refractivity contribution is 5.71. The van der Waals surface area contributed by atoms with Crippen LogP contribution in [-0.4, -0.2) is 23.3 Å². The Kier molecular flexibility index (Phi) is 2.63. The van der Waals surface area contributed by atoms with Crippen LogP contribution in [0.4, 0.5) is 5.69 Å². The van der Waals surface area contributed by atoms with Gasteiger partial charge in [0.2, 0.25) is 0 Å². The summed E-state index contributed by atoms with van der Waals surface area (Å²) in [6.07, 6.45) is 5.61. The molecule has 0 aliphatic carbocycles. The molecule has 2 aromatic rings. The van der Waals surface area contributed by atoms with Gasteiger partial charge in [-0.2, -0.15) is 0 Å². The summed E-state index contributed by atoms with van der Waals surface area (Å²) in [5, 5.41) is 0. The van der Waals surface area contributed by atoms with Crippen LogP contribution < -0.4 is 0 Å². The fraction of sp³-hybridized carbons (Fsp3) is 0.250. The van der Waals surface area contributed by atoms with E-state index in [0.717, 1.165) is 11.3 Å². The molecule has 0 spiro atoms. The Morgan fingerprint density at radius 2 is 1.89 bits per heavy atom. The molecule has 1 aromatic carbocycles. The van der Waals surface area contributed by atoms with E-state index >= 15 is 0 Å². The minimum atomic E-state index is -0.226. The molecule has 3 rings (SSSR count). The van der Waals surface area contributed by atoms with Crippen LogP contribution in [0.5, 0.6) is 0 Å². The minimum absolute atomic E-state index is 0.226. The predicted molar refractivity (Wildman–Crippen MR) is 77.8 cm³/mol. The normalized spacial score (nSPS) is 21.3. The maximum absolute atomic E-state index is 4.49. The molecule has 1 unspecified atom stereocenters. The monoisotopic (exact) mass is 251 g/mol. The summed E-state index contributed by atoms with van der Waals surface area (Å²) in [6.45, 7) is 4.37. The molecule has 1 aliphatic heterocycles. The number of aliphatic imine (C=N–C) groups is 1. The summed E-state index contributed by atoms with van der Waals surface area (Å²) in [5.74, 6) is 0. The first kappa shape index (κ1) is 11.9. The zero-order chi connectivity index (χ0) is 13.5. The van der Waals surface area contributed by atoms with Crippen molar-refractivity contribution in [1.82, 2.24) is 9.88 Å². The highest BCUT2D eigenvalue weighted by Crippen LogP contribution is 2.42. The number of benzene rings is 1. The van der Waals surface area contributed by atoms with E-state index in [1.54, 1.807) is 6.20 Å². The van der Waals surface area contributed by atoms with E-state index in [9.17, 15) is 0 Å². The van der Waals surface area contributed by atoms with Crippen LogP contribution in [0.25, 0.3) is 0 Å². The van der Waals surface area contributed by atoms with Crippen LogP contribution in [0.1, 0.15) is 23.6 Å². The number of aryl methyl sites for hydroxylation is 1. The van der Waals surface area contributed by atoms with Crippen LogP contribution >= 0.6 is 0 Å². The van der Waals surface area contributed by atoms with Gasteiger partial charge in [-0.05, 0) is 31.0 Å². The molecule has 19 heavy (non-hydrogen) atoms. The number of hydrogen-bond donors (Lipinski definition) is 0. The molecule has 0 radical (unpaired) electrons. The largest absolute Gasteiger partial charge is 0.352 e. The molecule has 0 saturated heterocycles. The van der Waals surface area contributed by atoms with Crippen molar-refractivity contribution >= 4 is 12.0 Å². The number of aromatic nitrogens is 1. The SMILES string of the molecule is Cc1ccccc1C1(C)c2cnccc2N=CN1C. The van der Waals surface area contributed by atoms with Crippen molar-refractivity contribution in [3.05, 3.63) is 59.4 Å². The summed E-state index contributed by atoms with van der Waals surface area (Å²) in [6, 6.07) is 10.5. The van der Waals surface area contributed by atoms with Gasteiger partial charge in [0.25, 0.3) is 0 Å². The van der Waals surface area contributed by atoms with Gasteiger partial charge in [-0.1, -0.05) is 24.3 Å². The fourth-order valence-electron chi connectivity index (χ4n) is 2.78. The number of fused-ring (bicyclic) bond motifs is 1. The summed E-state index contributed by atoms with van der Waals surface area (Å²) in [7, 11) is 2.06. The topological polar surface area (TPSA) is 28.5 Å². The van der Waals surface area contributed by atoms with Crippen LogP contribution in [0.2, 0.25) is 0 Å². The lowest BCUT2D eigenvalue weighted by Crippen LogP contribution is -2.43. The van der Waals surface area contributed by atoms with E-state index < -0.39 is 0 Å². The molecule has 3 nitrogen and oxygen atoms in total. The first-order chi connectivity index (χ1) is 9.14. The summed E-state index contributed by atoms with van der Waals surface area (Å²) < 4.78 is 0. The van der Waals surface area contributed by atoms with E-state index in [-0.39, 0.29) is 5.54 Å². The molecule has 0 fully saturated rings. The van der Waals surface area contributed by atoms with Crippen LogP contribution in [-0.2, 0) is 5.54 Å². The predicted octanol–water partition coefficient (Wildman–Crippen LogP) is 3.26. The summed E-state index contributed by atoms with van der Waals surface area (Å²) in [4.78, 5) is 10.9. The Morgan fingerprint density at radius 1 is 1.11 bits per heavy atom. The lowest BCUT2D eigenvalue weighted by molar-refractivity contribution is 0.290. The Balaban J connectivity index is 2.28. The number of nitrogens with zero attached hydrogens (tertiary/aromatic N) is 3. The highest BCUT2D eigenvalue weighted by Gasteiger charge is 2.37. The molecular formula is C16H17N3. The standard InChI is InChI=1S/C16H17N3/c1-12-6-4-5-7-13(12)16(2)14-10-17-9-8-15(14)18-11-19(16)3/h4-11H,1-3H3. The van der Waals surface area contributed by atoms with E-state index in [2.05, 4.69) is 60.0 Å². The zero-order valence-corrected chi connectivity index (χ0v) is 11.5. The molecule has 1 aliphatic rings. The number of rotatable bonds is 1. The van der Waals surface area contributed by atoms with E-state index in [1.165, 1.54) is 11.1 Å². The van der Waals surface area contributed by atoms with Gasteiger partial charge < -0.3 is 4.90 Å². The minimum Gasteiger partial charge on any atom is -0.352 e. The second-order valence-corrected chi connectivity index (χ2v) is 5.14. The molecule has 1 aromatic heterocycles. The fourth-order valence-corrected chi connectivity index (χ4v) is 2.78. The van der Waals surface area contributed by atoms with Crippen LogP contribution in [0.15, 0.2) is 47.7 Å². The van der Waals surface area contributed by atoms with Crippen molar-refractivity contribution in [2.24, 2.45) is 4.99 Å². The molecule has 0 N–H and O–H groups in total. The van der Waals surface area contributed by atoms with Gasteiger partial charge in [-0.25, -0.2) is 4.99 Å². The lowest BCUT2D eigenvalue weighted by atomic mass is 9.80. The third-order valence-electron chi connectivity index (χ3n) is 4.07. The second kappa shape index (κ2) is 4.19. The smallest absolute Gasteiger partial charge is 0.0921 e. The summed E-state index contributed by atoms with van der Waals surface area (Å²) >= 11 is 0. The third-order valence-corrected chi connectivity index (χ3v) is 4.07. The number of hydrogen-bond acceptors (Lipinski definition) is 3. The Morgan fingerprint density at radius 3 is 2.68 bits per heavy atom. The van der Waals surface area contributed by atoms with Gasteiger partial charge in [0, 0.05) is 25.0 Å². The Bertz CT molecular complexity index is 648. The molecule has 0 bridgehead atoms. The van der Waals surface area contributed by atoms with Crippen molar-refractivity contribution in [2.45, 2.75) is 19.4 Å². The third kappa shape index (κ3) is 1.65. The molecule has 0 saturated carbocycles. The molecule has 0 amide bonds. The Hall–Kier alpha value is -2.16. The van der Waals surface area contributed by atoms with Crippen molar-refractivity contribution in [2.75, 3.05) is 7.05 Å². The molecule has 1 atom stereocenters. The quantitative estimate of drug-likeness (QED) is 0.778. The van der Waals surface area contributed by atoms with Gasteiger partial charge in [0.1, 0.15) is 0 Å². The average Bonchev–Trinajstić information content (AvgIpc) is 2.44. The van der Waals surface area contributed by atoms with Crippen molar-refractivity contribution in [1.29, 1.82) is 0 Å². The lowest BCUT2D eigenvalue weighted by Gasteiger charge is -2.42. The van der Waals surface area contributed by atoms with Crippen molar-refractivity contribution < 1.29 is 0 Å².